The van der Waals surface area contributed by atoms with Crippen molar-refractivity contribution in [1.29, 1.82) is 0 Å². The SMILES string of the molecule is CCC(CC)(CN)C(=O)Nc1cccc(CN(C)C)c1. The number of nitrogens with two attached hydrogens (primary N) is 1. The number of amides is 1. The van der Waals surface area contributed by atoms with Crippen LogP contribution in [0.4, 0.5) is 5.69 Å². The maximum absolute atomic E-state index is 12.5. The Morgan fingerprint density at radius 1 is 1.30 bits per heavy atom. The second kappa shape index (κ2) is 7.41. The van der Waals surface area contributed by atoms with Crippen molar-refractivity contribution in [2.75, 3.05) is 26.0 Å². The summed E-state index contributed by atoms with van der Waals surface area (Å²) in [5, 5.41) is 3.01. The minimum atomic E-state index is -0.461. The number of rotatable bonds is 7. The van der Waals surface area contributed by atoms with E-state index >= 15 is 0 Å². The lowest BCUT2D eigenvalue weighted by Gasteiger charge is -2.28. The minimum Gasteiger partial charge on any atom is -0.329 e. The van der Waals surface area contributed by atoms with E-state index in [0.29, 0.717) is 6.54 Å². The average molecular weight is 277 g/mol. The summed E-state index contributed by atoms with van der Waals surface area (Å²) in [5.41, 5.74) is 7.37. The van der Waals surface area contributed by atoms with E-state index in [-0.39, 0.29) is 5.91 Å². The van der Waals surface area contributed by atoms with Crippen LogP contribution >= 0.6 is 0 Å². The maximum Gasteiger partial charge on any atom is 0.231 e. The molecule has 0 bridgehead atoms. The van der Waals surface area contributed by atoms with E-state index in [2.05, 4.69) is 16.3 Å². The van der Waals surface area contributed by atoms with Gasteiger partial charge in [0.05, 0.1) is 5.41 Å². The Labute approximate surface area is 122 Å². The number of hydrogen-bond donors (Lipinski definition) is 2. The van der Waals surface area contributed by atoms with Gasteiger partial charge in [-0.25, -0.2) is 0 Å². The van der Waals surface area contributed by atoms with E-state index < -0.39 is 5.41 Å². The highest BCUT2D eigenvalue weighted by molar-refractivity contribution is 5.95. The van der Waals surface area contributed by atoms with Crippen molar-refractivity contribution in [1.82, 2.24) is 4.90 Å². The molecule has 4 nitrogen and oxygen atoms in total. The molecule has 1 aromatic carbocycles. The Hall–Kier alpha value is -1.39. The normalized spacial score (nSPS) is 11.7. The molecule has 112 valence electrons. The highest BCUT2D eigenvalue weighted by Crippen LogP contribution is 2.27. The molecule has 0 unspecified atom stereocenters. The predicted molar refractivity (Wildman–Crippen MR) is 84.5 cm³/mol. The summed E-state index contributed by atoms with van der Waals surface area (Å²) in [5.74, 6) is 0.0204. The first-order valence-corrected chi connectivity index (χ1v) is 7.22. The van der Waals surface area contributed by atoms with Crippen LogP contribution in [0.15, 0.2) is 24.3 Å². The predicted octanol–water partition coefficient (Wildman–Crippen LogP) is 2.45. The average Bonchev–Trinajstić information content (AvgIpc) is 2.41. The lowest BCUT2D eigenvalue weighted by Crippen LogP contribution is -2.41. The molecule has 0 saturated carbocycles. The minimum absolute atomic E-state index is 0.0204. The molecule has 0 atom stereocenters. The van der Waals surface area contributed by atoms with Crippen LogP contribution in [0.1, 0.15) is 32.3 Å². The molecule has 0 spiro atoms. The van der Waals surface area contributed by atoms with Gasteiger partial charge in [0.2, 0.25) is 5.91 Å². The Morgan fingerprint density at radius 3 is 2.45 bits per heavy atom. The van der Waals surface area contributed by atoms with Gasteiger partial charge in [-0.3, -0.25) is 4.79 Å². The fraction of sp³-hybridized carbons (Fsp3) is 0.562. The van der Waals surface area contributed by atoms with Crippen LogP contribution in [0.5, 0.6) is 0 Å². The Bertz CT molecular complexity index is 431. The van der Waals surface area contributed by atoms with Crippen molar-refractivity contribution >= 4 is 11.6 Å². The summed E-state index contributed by atoms with van der Waals surface area (Å²) in [4.78, 5) is 14.6. The first-order valence-electron chi connectivity index (χ1n) is 7.22. The molecule has 4 heteroatoms. The number of anilines is 1. The van der Waals surface area contributed by atoms with Gasteiger partial charge in [0.1, 0.15) is 0 Å². The zero-order chi connectivity index (χ0) is 15.2. The van der Waals surface area contributed by atoms with Gasteiger partial charge in [-0.1, -0.05) is 26.0 Å². The van der Waals surface area contributed by atoms with Crippen LogP contribution in [-0.4, -0.2) is 31.4 Å². The molecule has 20 heavy (non-hydrogen) atoms. The largest absolute Gasteiger partial charge is 0.329 e. The van der Waals surface area contributed by atoms with Crippen molar-refractivity contribution in [3.63, 3.8) is 0 Å². The van der Waals surface area contributed by atoms with Gasteiger partial charge < -0.3 is 16.0 Å². The van der Waals surface area contributed by atoms with E-state index in [1.807, 2.05) is 46.1 Å². The summed E-state index contributed by atoms with van der Waals surface area (Å²) in [6.45, 7) is 5.26. The van der Waals surface area contributed by atoms with Crippen LogP contribution < -0.4 is 11.1 Å². The zero-order valence-electron chi connectivity index (χ0n) is 13.1. The number of hydrogen-bond acceptors (Lipinski definition) is 3. The molecule has 0 radical (unpaired) electrons. The van der Waals surface area contributed by atoms with Gasteiger partial charge in [-0.15, -0.1) is 0 Å². The van der Waals surface area contributed by atoms with E-state index in [1.165, 1.54) is 5.56 Å². The summed E-state index contributed by atoms with van der Waals surface area (Å²) in [7, 11) is 4.05. The van der Waals surface area contributed by atoms with E-state index in [0.717, 1.165) is 25.1 Å². The van der Waals surface area contributed by atoms with Crippen molar-refractivity contribution in [3.8, 4) is 0 Å². The molecule has 0 aliphatic carbocycles. The molecular weight excluding hydrogens is 250 g/mol. The van der Waals surface area contributed by atoms with Gasteiger partial charge >= 0.3 is 0 Å². The number of carbonyl (C=O) groups is 1. The Morgan fingerprint density at radius 2 is 1.95 bits per heavy atom. The Balaban J connectivity index is 2.84. The highest BCUT2D eigenvalue weighted by Gasteiger charge is 2.33. The molecule has 0 aliphatic rings. The molecular formula is C16H27N3O. The summed E-state index contributed by atoms with van der Waals surface area (Å²) in [6, 6.07) is 7.97. The molecule has 0 fully saturated rings. The van der Waals surface area contributed by atoms with Crippen molar-refractivity contribution in [2.45, 2.75) is 33.2 Å². The first-order chi connectivity index (χ1) is 9.47. The number of nitrogens with zero attached hydrogens (tertiary/aromatic N) is 1. The van der Waals surface area contributed by atoms with Crippen LogP contribution in [0.2, 0.25) is 0 Å². The van der Waals surface area contributed by atoms with Gasteiger partial charge in [0.15, 0.2) is 0 Å². The molecule has 1 amide bonds. The summed E-state index contributed by atoms with van der Waals surface area (Å²) >= 11 is 0. The van der Waals surface area contributed by atoms with Gasteiger partial charge in [0, 0.05) is 18.8 Å². The molecule has 3 N–H and O–H groups in total. The standard InChI is InChI=1S/C16H27N3O/c1-5-16(6-2,12-17)15(20)18-14-9-7-8-13(10-14)11-19(3)4/h7-10H,5-6,11-12,17H2,1-4H3,(H,18,20). The Kier molecular flexibility index (Phi) is 6.17. The maximum atomic E-state index is 12.5. The highest BCUT2D eigenvalue weighted by atomic mass is 16.2. The van der Waals surface area contributed by atoms with Crippen LogP contribution in [0.3, 0.4) is 0 Å². The molecule has 0 aromatic heterocycles. The van der Waals surface area contributed by atoms with Crippen molar-refractivity contribution in [2.24, 2.45) is 11.1 Å². The topological polar surface area (TPSA) is 58.4 Å². The number of benzene rings is 1. The lowest BCUT2D eigenvalue weighted by atomic mass is 9.81. The molecule has 0 heterocycles. The fourth-order valence-electron chi connectivity index (χ4n) is 2.33. The summed E-state index contributed by atoms with van der Waals surface area (Å²) < 4.78 is 0. The first kappa shape index (κ1) is 16.7. The third kappa shape index (κ3) is 4.05. The van der Waals surface area contributed by atoms with Crippen LogP contribution in [-0.2, 0) is 11.3 Å². The zero-order valence-corrected chi connectivity index (χ0v) is 13.1. The van der Waals surface area contributed by atoms with E-state index in [9.17, 15) is 4.79 Å². The second-order valence-electron chi connectivity index (χ2n) is 5.58. The molecule has 0 saturated heterocycles. The number of carbonyl (C=O) groups excluding carboxylic acids is 1. The fourth-order valence-corrected chi connectivity index (χ4v) is 2.33. The second-order valence-corrected chi connectivity index (χ2v) is 5.58. The third-order valence-corrected chi connectivity index (χ3v) is 3.91. The third-order valence-electron chi connectivity index (χ3n) is 3.91. The van der Waals surface area contributed by atoms with Gasteiger partial charge in [-0.05, 0) is 44.6 Å². The van der Waals surface area contributed by atoms with E-state index in [4.69, 9.17) is 5.73 Å². The van der Waals surface area contributed by atoms with E-state index in [1.54, 1.807) is 0 Å². The lowest BCUT2D eigenvalue weighted by molar-refractivity contribution is -0.125. The van der Waals surface area contributed by atoms with Crippen LogP contribution in [0.25, 0.3) is 0 Å². The number of nitrogens with one attached hydrogen (secondary N) is 1. The quantitative estimate of drug-likeness (QED) is 0.805. The van der Waals surface area contributed by atoms with Crippen molar-refractivity contribution < 1.29 is 4.79 Å². The molecule has 0 aliphatic heterocycles. The smallest absolute Gasteiger partial charge is 0.231 e. The monoisotopic (exact) mass is 277 g/mol. The van der Waals surface area contributed by atoms with Crippen molar-refractivity contribution in [3.05, 3.63) is 29.8 Å². The molecule has 1 aromatic rings. The van der Waals surface area contributed by atoms with Gasteiger partial charge in [0.25, 0.3) is 0 Å². The van der Waals surface area contributed by atoms with Gasteiger partial charge in [-0.2, -0.15) is 0 Å². The summed E-state index contributed by atoms with van der Waals surface area (Å²) in [6.07, 6.45) is 1.51. The van der Waals surface area contributed by atoms with Crippen LogP contribution in [0, 0.1) is 5.41 Å². The molecule has 1 rings (SSSR count).